The van der Waals surface area contributed by atoms with Crippen molar-refractivity contribution in [3.63, 3.8) is 0 Å². The number of amides is 2. The highest BCUT2D eigenvalue weighted by Crippen LogP contribution is 2.53. The quantitative estimate of drug-likeness (QED) is 0.128. The Bertz CT molecular complexity index is 2730. The van der Waals surface area contributed by atoms with Gasteiger partial charge in [-0.2, -0.15) is 18.2 Å². The number of imidazole rings is 1. The zero-order chi connectivity index (χ0) is 47.1. The minimum atomic E-state index is -4.68. The fourth-order valence-corrected chi connectivity index (χ4v) is 13.2. The number of carbonyl (C=O) groups is 2. The average molecular weight is 940 g/mol. The van der Waals surface area contributed by atoms with E-state index in [0.29, 0.717) is 67.3 Å². The van der Waals surface area contributed by atoms with E-state index in [-0.39, 0.29) is 52.9 Å². The molecule has 5 fully saturated rings. The third-order valence-electron chi connectivity index (χ3n) is 15.2. The van der Waals surface area contributed by atoms with E-state index in [0.717, 1.165) is 51.5 Å². The molecule has 2 aromatic carbocycles. The number of likely N-dealkylation sites (tertiary alicyclic amines) is 1. The second-order valence-corrected chi connectivity index (χ2v) is 22.1. The maximum atomic E-state index is 16.2. The Balaban J connectivity index is 0.771. The van der Waals surface area contributed by atoms with Crippen LogP contribution < -0.4 is 26.1 Å². The average Bonchev–Trinajstić information content (AvgIpc) is 3.85. The van der Waals surface area contributed by atoms with Crippen LogP contribution in [0.25, 0.3) is 11.0 Å². The van der Waals surface area contributed by atoms with E-state index in [1.165, 1.54) is 27.1 Å². The lowest BCUT2D eigenvalue weighted by Crippen LogP contribution is -2.52. The predicted octanol–water partition coefficient (Wildman–Crippen LogP) is 5.85. The SMILES string of the molecule is Cc1cc(S(=O)(=O)C2CC3(CCN(CC4CCN(c5ccc6c(c5F)n(C)c(=O)n6C5CCC(=O)NC5=O)CC4)CC3)C2)ccc1Nc1ncc(C(F)(F)F)c(N2CC[C@H](C(C)(C)O)C2)n1. The van der Waals surface area contributed by atoms with E-state index in [1.807, 2.05) is 4.90 Å². The number of benzene rings is 2. The van der Waals surface area contributed by atoms with Gasteiger partial charge in [0.2, 0.25) is 17.8 Å². The zero-order valence-electron chi connectivity index (χ0n) is 37.6. The summed E-state index contributed by atoms with van der Waals surface area (Å²) in [6.07, 6.45) is 1.58. The lowest BCUT2D eigenvalue weighted by Gasteiger charge is -2.52. The molecule has 66 heavy (non-hydrogen) atoms. The second-order valence-electron chi connectivity index (χ2n) is 19.9. The lowest BCUT2D eigenvalue weighted by molar-refractivity contribution is -0.138. The summed E-state index contributed by atoms with van der Waals surface area (Å²) >= 11 is 0. The minimum Gasteiger partial charge on any atom is -0.390 e. The van der Waals surface area contributed by atoms with Crippen molar-refractivity contribution < 1.29 is 40.7 Å². The summed E-state index contributed by atoms with van der Waals surface area (Å²) in [5.41, 5.74) is -0.652. The van der Waals surface area contributed by atoms with E-state index >= 15 is 4.39 Å². The van der Waals surface area contributed by atoms with Crippen LogP contribution in [0.5, 0.6) is 0 Å². The fraction of sp³-hybridized carbons (Fsp3) is 0.587. The van der Waals surface area contributed by atoms with Crippen molar-refractivity contribution in [2.75, 3.05) is 60.9 Å². The first kappa shape index (κ1) is 46.0. The number of halogens is 4. The third kappa shape index (κ3) is 8.56. The predicted molar refractivity (Wildman–Crippen MR) is 240 cm³/mol. The summed E-state index contributed by atoms with van der Waals surface area (Å²) in [5.74, 6) is -1.60. The van der Waals surface area contributed by atoms with Crippen molar-refractivity contribution in [3.8, 4) is 0 Å². The molecule has 4 aromatic rings. The number of alkyl halides is 3. The van der Waals surface area contributed by atoms with E-state index in [9.17, 15) is 41.1 Å². The van der Waals surface area contributed by atoms with Gasteiger partial charge in [0.15, 0.2) is 15.7 Å². The minimum absolute atomic E-state index is 0.0263. The zero-order valence-corrected chi connectivity index (χ0v) is 38.4. The van der Waals surface area contributed by atoms with Crippen LogP contribution in [0.15, 0.2) is 46.2 Å². The first-order valence-electron chi connectivity index (χ1n) is 22.9. The van der Waals surface area contributed by atoms with Gasteiger partial charge in [0.05, 0.1) is 27.0 Å². The van der Waals surface area contributed by atoms with E-state index in [1.54, 1.807) is 45.0 Å². The first-order chi connectivity index (χ1) is 31.1. The number of anilines is 4. The number of piperidine rings is 3. The monoisotopic (exact) mass is 939 g/mol. The standard InChI is InChI=1S/C46H57F4N9O6S/c1-27-21-30(5-6-33(27)52-42-51-24-32(46(48,49)50)40(54-42)58-18-13-29(26-58)44(2,3)63)66(64,65)31-22-45(23-31)14-19-56(20-15-45)25-28-11-16-57(17-12-28)34-7-8-35-39(38(34)47)55(4)43(62)59(35)36-9-10-37(60)53-41(36)61/h5-8,21,24,28-29,31,36,63H,9-20,22-23,25-26H2,1-4H3,(H,51,52,54)(H,53,60,61)/t29-,36?/m0/s1. The Kier molecular flexibility index (Phi) is 11.8. The Hall–Kier alpha value is -5.08. The van der Waals surface area contributed by atoms with Crippen LogP contribution in [-0.4, -0.2) is 106 Å². The maximum absolute atomic E-state index is 16.2. The molecule has 4 aliphatic heterocycles. The maximum Gasteiger partial charge on any atom is 0.421 e. The molecule has 4 saturated heterocycles. The number of rotatable bonds is 10. The number of fused-ring (bicyclic) bond motifs is 1. The number of aromatic nitrogens is 4. The highest BCUT2D eigenvalue weighted by molar-refractivity contribution is 7.92. The number of imide groups is 1. The highest BCUT2D eigenvalue weighted by Gasteiger charge is 2.51. The molecule has 1 saturated carbocycles. The van der Waals surface area contributed by atoms with Crippen LogP contribution >= 0.6 is 0 Å². The molecule has 2 atom stereocenters. The summed E-state index contributed by atoms with van der Waals surface area (Å²) in [6, 6.07) is 7.18. The fourth-order valence-electron chi connectivity index (χ4n) is 11.0. The van der Waals surface area contributed by atoms with Crippen molar-refractivity contribution >= 4 is 55.8 Å². The van der Waals surface area contributed by atoms with Crippen LogP contribution in [0, 0.1) is 30.0 Å². The van der Waals surface area contributed by atoms with Gasteiger partial charge in [0.1, 0.15) is 22.9 Å². The van der Waals surface area contributed by atoms with Gasteiger partial charge in [-0.15, -0.1) is 0 Å². The molecule has 356 valence electrons. The summed E-state index contributed by atoms with van der Waals surface area (Å²) < 4.78 is 88.6. The molecule has 0 radical (unpaired) electrons. The van der Waals surface area contributed by atoms with Gasteiger partial charge in [0, 0.05) is 64.0 Å². The number of hydrogen-bond acceptors (Lipinski definition) is 12. The van der Waals surface area contributed by atoms with E-state index in [2.05, 4.69) is 25.5 Å². The van der Waals surface area contributed by atoms with Gasteiger partial charge in [0.25, 0.3) is 0 Å². The van der Waals surface area contributed by atoms with Crippen LogP contribution in [0.4, 0.5) is 40.7 Å². The number of nitrogens with zero attached hydrogens (tertiary/aromatic N) is 7. The van der Waals surface area contributed by atoms with Gasteiger partial charge in [-0.3, -0.25) is 24.0 Å². The van der Waals surface area contributed by atoms with Gasteiger partial charge in [-0.1, -0.05) is 0 Å². The van der Waals surface area contributed by atoms with E-state index in [4.69, 9.17) is 0 Å². The van der Waals surface area contributed by atoms with Gasteiger partial charge in [-0.05, 0) is 132 Å². The van der Waals surface area contributed by atoms with Gasteiger partial charge < -0.3 is 25.1 Å². The van der Waals surface area contributed by atoms with Crippen molar-refractivity contribution in [1.29, 1.82) is 0 Å². The molecule has 15 nitrogen and oxygen atoms in total. The van der Waals surface area contributed by atoms with Crippen LogP contribution in [-0.2, 0) is 32.7 Å². The largest absolute Gasteiger partial charge is 0.421 e. The van der Waals surface area contributed by atoms with Crippen molar-refractivity contribution in [1.82, 2.24) is 29.3 Å². The topological polar surface area (TPSA) is 175 Å². The summed E-state index contributed by atoms with van der Waals surface area (Å²) in [5, 5.41) is 15.3. The summed E-state index contributed by atoms with van der Waals surface area (Å²) in [7, 11) is -2.15. The Morgan fingerprint density at radius 2 is 1.65 bits per heavy atom. The van der Waals surface area contributed by atoms with Crippen molar-refractivity contribution in [2.45, 2.75) is 107 Å². The molecule has 1 spiro atoms. The summed E-state index contributed by atoms with van der Waals surface area (Å²) in [6.45, 7) is 9.49. The van der Waals surface area contributed by atoms with Crippen LogP contribution in [0.2, 0.25) is 0 Å². The van der Waals surface area contributed by atoms with Gasteiger partial charge >= 0.3 is 11.9 Å². The number of sulfone groups is 1. The van der Waals surface area contributed by atoms with E-state index < -0.39 is 61.8 Å². The first-order valence-corrected chi connectivity index (χ1v) is 24.4. The smallest absolute Gasteiger partial charge is 0.390 e. The Morgan fingerprint density at radius 1 is 0.955 bits per heavy atom. The molecule has 2 aromatic heterocycles. The molecule has 3 N–H and O–H groups in total. The molecular formula is C46H57F4N9O6S. The number of aryl methyl sites for hydroxylation is 2. The molecule has 6 heterocycles. The second kappa shape index (κ2) is 16.9. The molecular weight excluding hydrogens is 883 g/mol. The molecule has 2 amide bonds. The molecule has 5 aliphatic rings. The molecule has 1 unspecified atom stereocenters. The molecule has 20 heteroatoms. The van der Waals surface area contributed by atoms with Crippen molar-refractivity contribution in [2.24, 2.45) is 24.3 Å². The highest BCUT2D eigenvalue weighted by atomic mass is 32.2. The van der Waals surface area contributed by atoms with Crippen molar-refractivity contribution in [3.05, 3.63) is 64.0 Å². The summed E-state index contributed by atoms with van der Waals surface area (Å²) in [4.78, 5) is 52.0. The lowest BCUT2D eigenvalue weighted by atomic mass is 9.63. The number of hydrogen-bond donors (Lipinski definition) is 3. The Labute approximate surface area is 380 Å². The van der Waals surface area contributed by atoms with Crippen LogP contribution in [0.1, 0.15) is 88.8 Å². The Morgan fingerprint density at radius 3 is 2.29 bits per heavy atom. The third-order valence-corrected chi connectivity index (χ3v) is 17.3. The number of carbonyl (C=O) groups excluding carboxylic acids is 2. The van der Waals surface area contributed by atoms with Gasteiger partial charge in [-0.25, -0.2) is 22.6 Å². The van der Waals surface area contributed by atoms with Crippen LogP contribution in [0.3, 0.4) is 0 Å². The number of aliphatic hydroxyl groups is 1. The molecule has 9 rings (SSSR count). The number of nitrogens with one attached hydrogen (secondary N) is 2. The molecule has 1 aliphatic carbocycles. The molecule has 0 bridgehead atoms. The normalized spacial score (nSPS) is 22.6.